The third-order valence-corrected chi connectivity index (χ3v) is 3.16. The Morgan fingerprint density at radius 1 is 1.00 bits per heavy atom. The molecule has 0 unspecified atom stereocenters. The van der Waals surface area contributed by atoms with Crippen LogP contribution >= 0.6 is 0 Å². The van der Waals surface area contributed by atoms with Gasteiger partial charge in [0, 0.05) is 12.3 Å². The highest BCUT2D eigenvalue weighted by Gasteiger charge is 2.35. The van der Waals surface area contributed by atoms with Gasteiger partial charge in [-0.2, -0.15) is 0 Å². The number of alkyl halides is 1. The summed E-state index contributed by atoms with van der Waals surface area (Å²) in [5, 5.41) is 0. The van der Waals surface area contributed by atoms with Crippen LogP contribution in [0.25, 0.3) is 0 Å². The van der Waals surface area contributed by atoms with Crippen LogP contribution in [0.3, 0.4) is 0 Å². The minimum absolute atomic E-state index is 0.224. The van der Waals surface area contributed by atoms with E-state index >= 15 is 0 Å². The Morgan fingerprint density at radius 3 is 2.23 bits per heavy atom. The topological polar surface area (TPSA) is 0 Å². The second-order valence-electron chi connectivity index (χ2n) is 4.07. The minimum atomic E-state index is -1.14. The maximum atomic E-state index is 14.3. The standard InChI is InChI=1S/C12H16F/c13-12(9-5-2-6-10-12)11-7-3-1-4-8-11/h2,5-6,9-11H,1,3-4,7-8H2. The molecule has 2 rings (SSSR count). The third kappa shape index (κ3) is 1.84. The summed E-state index contributed by atoms with van der Waals surface area (Å²) in [5.41, 5.74) is -1.14. The smallest absolute Gasteiger partial charge is 0.150 e. The fourth-order valence-electron chi connectivity index (χ4n) is 2.34. The molecule has 71 valence electrons. The second kappa shape index (κ2) is 3.65. The highest BCUT2D eigenvalue weighted by molar-refractivity contribution is 5.28. The molecule has 0 aromatic heterocycles. The molecule has 1 radical (unpaired) electrons. The first-order valence-corrected chi connectivity index (χ1v) is 5.20. The van der Waals surface area contributed by atoms with Crippen molar-refractivity contribution in [3.05, 3.63) is 30.7 Å². The lowest BCUT2D eigenvalue weighted by Gasteiger charge is -2.32. The molecule has 0 aromatic carbocycles. The van der Waals surface area contributed by atoms with Crippen molar-refractivity contribution in [2.24, 2.45) is 5.92 Å². The third-order valence-electron chi connectivity index (χ3n) is 3.16. The number of allylic oxidation sites excluding steroid dienone is 4. The van der Waals surface area contributed by atoms with Crippen molar-refractivity contribution in [2.75, 3.05) is 0 Å². The molecule has 1 saturated carbocycles. The highest BCUT2D eigenvalue weighted by atomic mass is 19.1. The van der Waals surface area contributed by atoms with Crippen molar-refractivity contribution >= 4 is 0 Å². The fraction of sp³-hybridized carbons (Fsp3) is 0.583. The van der Waals surface area contributed by atoms with E-state index in [1.54, 1.807) is 12.2 Å². The molecule has 13 heavy (non-hydrogen) atoms. The van der Waals surface area contributed by atoms with Crippen molar-refractivity contribution in [3.8, 4) is 0 Å². The molecule has 0 amide bonds. The summed E-state index contributed by atoms with van der Waals surface area (Å²) in [6.45, 7) is 0. The first-order valence-electron chi connectivity index (χ1n) is 5.20. The van der Waals surface area contributed by atoms with Crippen LogP contribution in [-0.2, 0) is 0 Å². The number of hydrogen-bond acceptors (Lipinski definition) is 0. The largest absolute Gasteiger partial charge is 0.234 e. The first kappa shape index (κ1) is 8.98. The van der Waals surface area contributed by atoms with Gasteiger partial charge in [0.05, 0.1) is 0 Å². The van der Waals surface area contributed by atoms with Crippen molar-refractivity contribution in [1.29, 1.82) is 0 Å². The molecule has 1 heteroatoms. The molecule has 0 bridgehead atoms. The van der Waals surface area contributed by atoms with Crippen LogP contribution in [0, 0.1) is 12.3 Å². The molecular formula is C12H16F. The summed E-state index contributed by atoms with van der Waals surface area (Å²) in [6, 6.07) is 0. The predicted octanol–water partition coefficient (Wildman–Crippen LogP) is 3.61. The summed E-state index contributed by atoms with van der Waals surface area (Å²) in [7, 11) is 0. The Balaban J connectivity index is 2.07. The van der Waals surface area contributed by atoms with E-state index in [-0.39, 0.29) is 5.92 Å². The van der Waals surface area contributed by atoms with Gasteiger partial charge in [-0.1, -0.05) is 31.4 Å². The molecule has 0 aliphatic heterocycles. The monoisotopic (exact) mass is 179 g/mol. The minimum Gasteiger partial charge on any atom is -0.234 e. The van der Waals surface area contributed by atoms with E-state index in [9.17, 15) is 4.39 Å². The Labute approximate surface area is 79.5 Å². The van der Waals surface area contributed by atoms with Crippen LogP contribution < -0.4 is 0 Å². The molecule has 0 aromatic rings. The average molecular weight is 179 g/mol. The van der Waals surface area contributed by atoms with E-state index in [0.717, 1.165) is 12.8 Å². The Bertz CT molecular complexity index is 209. The summed E-state index contributed by atoms with van der Waals surface area (Å²) in [6.07, 6.45) is 14.7. The lowest BCUT2D eigenvalue weighted by atomic mass is 9.76. The summed E-state index contributed by atoms with van der Waals surface area (Å²) < 4.78 is 14.3. The summed E-state index contributed by atoms with van der Waals surface area (Å²) in [5.74, 6) is 0.224. The van der Waals surface area contributed by atoms with Crippen LogP contribution in [0.1, 0.15) is 32.1 Å². The normalized spacial score (nSPS) is 27.8. The summed E-state index contributed by atoms with van der Waals surface area (Å²) >= 11 is 0. The van der Waals surface area contributed by atoms with E-state index in [0.29, 0.717) is 0 Å². The van der Waals surface area contributed by atoms with Gasteiger partial charge < -0.3 is 0 Å². The summed E-state index contributed by atoms with van der Waals surface area (Å²) in [4.78, 5) is 0. The fourth-order valence-corrected chi connectivity index (χ4v) is 2.34. The number of halogens is 1. The van der Waals surface area contributed by atoms with Gasteiger partial charge in [-0.05, 0) is 25.0 Å². The van der Waals surface area contributed by atoms with Crippen LogP contribution in [0.5, 0.6) is 0 Å². The van der Waals surface area contributed by atoms with Gasteiger partial charge in [-0.3, -0.25) is 0 Å². The molecule has 0 nitrogen and oxygen atoms in total. The van der Waals surface area contributed by atoms with Crippen molar-refractivity contribution in [1.82, 2.24) is 0 Å². The van der Waals surface area contributed by atoms with Gasteiger partial charge >= 0.3 is 0 Å². The number of hydrogen-bond donors (Lipinski definition) is 0. The molecular weight excluding hydrogens is 163 g/mol. The van der Waals surface area contributed by atoms with Gasteiger partial charge in [0.2, 0.25) is 0 Å². The van der Waals surface area contributed by atoms with Gasteiger partial charge in [0.1, 0.15) is 5.67 Å². The van der Waals surface area contributed by atoms with Gasteiger partial charge in [0.25, 0.3) is 0 Å². The predicted molar refractivity (Wildman–Crippen MR) is 53.0 cm³/mol. The lowest BCUT2D eigenvalue weighted by molar-refractivity contribution is 0.151. The van der Waals surface area contributed by atoms with Crippen LogP contribution in [0.4, 0.5) is 4.39 Å². The van der Waals surface area contributed by atoms with Gasteiger partial charge in [-0.25, -0.2) is 4.39 Å². The van der Waals surface area contributed by atoms with Crippen molar-refractivity contribution in [3.63, 3.8) is 0 Å². The number of rotatable bonds is 1. The van der Waals surface area contributed by atoms with Crippen LogP contribution in [0.15, 0.2) is 24.3 Å². The van der Waals surface area contributed by atoms with E-state index in [2.05, 4.69) is 0 Å². The van der Waals surface area contributed by atoms with E-state index < -0.39 is 5.67 Å². The molecule has 2 aliphatic rings. The first-order chi connectivity index (χ1) is 6.31. The Kier molecular flexibility index (Phi) is 2.52. The second-order valence-corrected chi connectivity index (χ2v) is 4.07. The van der Waals surface area contributed by atoms with Gasteiger partial charge in [-0.15, -0.1) is 0 Å². The quantitative estimate of drug-likeness (QED) is 0.577. The highest BCUT2D eigenvalue weighted by Crippen LogP contribution is 2.38. The van der Waals surface area contributed by atoms with E-state index in [4.69, 9.17) is 0 Å². The maximum Gasteiger partial charge on any atom is 0.150 e. The molecule has 0 spiro atoms. The van der Waals surface area contributed by atoms with Gasteiger partial charge in [0.15, 0.2) is 0 Å². The molecule has 0 saturated heterocycles. The molecule has 0 atom stereocenters. The molecule has 2 aliphatic carbocycles. The SMILES string of the molecule is FC1(C2CCCCC2)C=C[CH]C=C1. The zero-order chi connectivity index (χ0) is 9.15. The zero-order valence-corrected chi connectivity index (χ0v) is 7.88. The zero-order valence-electron chi connectivity index (χ0n) is 7.88. The molecule has 1 fully saturated rings. The van der Waals surface area contributed by atoms with Crippen LogP contribution in [0.2, 0.25) is 0 Å². The molecule has 0 heterocycles. The van der Waals surface area contributed by atoms with Crippen molar-refractivity contribution in [2.45, 2.75) is 37.8 Å². The molecule has 0 N–H and O–H groups in total. The van der Waals surface area contributed by atoms with Crippen LogP contribution in [-0.4, -0.2) is 5.67 Å². The Hall–Kier alpha value is -0.590. The lowest BCUT2D eigenvalue weighted by Crippen LogP contribution is -2.31. The van der Waals surface area contributed by atoms with E-state index in [1.807, 2.05) is 18.6 Å². The maximum absolute atomic E-state index is 14.3. The Morgan fingerprint density at radius 2 is 1.62 bits per heavy atom. The van der Waals surface area contributed by atoms with Crippen molar-refractivity contribution < 1.29 is 4.39 Å². The van der Waals surface area contributed by atoms with E-state index in [1.165, 1.54) is 19.3 Å². The average Bonchev–Trinajstić information content (AvgIpc) is 2.20.